The largest absolute Gasteiger partial charge is 0.390 e. The average Bonchev–Trinajstić information content (AvgIpc) is 3.20. The summed E-state index contributed by atoms with van der Waals surface area (Å²) >= 11 is 0. The Bertz CT molecular complexity index is 876. The van der Waals surface area contributed by atoms with Gasteiger partial charge in [-0.15, -0.1) is 0 Å². The normalized spacial score (nSPS) is 55.7. The highest BCUT2D eigenvalue weighted by molar-refractivity contribution is 8.78. The van der Waals surface area contributed by atoms with Crippen LogP contribution in [0.15, 0.2) is 0 Å². The number of fused-ring (bicyclic) bond motifs is 2. The molecule has 6 bridgehead atoms. The van der Waals surface area contributed by atoms with Crippen LogP contribution >= 0.6 is 43.2 Å². The van der Waals surface area contributed by atoms with Gasteiger partial charge in [0, 0.05) is 37.5 Å². The molecule has 2 amide bonds. The molecule has 12 heteroatoms. The van der Waals surface area contributed by atoms with Gasteiger partial charge in [-0.05, 0) is 0 Å². The molecule has 7 rings (SSSR count). The number of piperazine rings is 1. The number of carbonyl (C=O) groups is 4. The van der Waals surface area contributed by atoms with Crippen molar-refractivity contribution >= 4 is 66.6 Å². The van der Waals surface area contributed by atoms with E-state index in [1.54, 1.807) is 0 Å². The van der Waals surface area contributed by atoms with Crippen molar-refractivity contribution in [1.29, 1.82) is 0 Å². The number of hydrogen-bond donors (Lipinski definition) is 2. The maximum absolute atomic E-state index is 14.2. The number of nitrogens with zero attached hydrogens (tertiary/aromatic N) is 2. The zero-order valence-electron chi connectivity index (χ0n) is 15.5. The number of amides is 2. The average molecular weight is 487 g/mol. The van der Waals surface area contributed by atoms with Gasteiger partial charge >= 0.3 is 0 Å². The van der Waals surface area contributed by atoms with E-state index in [1.165, 1.54) is 53.0 Å². The Kier molecular flexibility index (Phi) is 3.66. The molecule has 7 aliphatic rings. The summed E-state index contributed by atoms with van der Waals surface area (Å²) in [4.78, 5) is 54.5. The summed E-state index contributed by atoms with van der Waals surface area (Å²) in [6, 6.07) is -1.39. The molecule has 0 spiro atoms. The van der Waals surface area contributed by atoms with Gasteiger partial charge in [0.1, 0.15) is 11.6 Å². The first kappa shape index (κ1) is 19.1. The second-order valence-corrected chi connectivity index (χ2v) is 14.7. The van der Waals surface area contributed by atoms with E-state index in [4.69, 9.17) is 0 Å². The van der Waals surface area contributed by atoms with Crippen molar-refractivity contribution in [2.45, 2.75) is 70.2 Å². The predicted molar refractivity (Wildman–Crippen MR) is 112 cm³/mol. The summed E-state index contributed by atoms with van der Waals surface area (Å²) in [6.45, 7) is 0. The van der Waals surface area contributed by atoms with E-state index >= 15 is 0 Å². The van der Waals surface area contributed by atoms with Crippen LogP contribution in [0.25, 0.3) is 0 Å². The second-order valence-electron chi connectivity index (χ2n) is 9.28. The molecule has 8 nitrogen and oxygen atoms in total. The lowest BCUT2D eigenvalue weighted by molar-refractivity contribution is -0.170. The van der Waals surface area contributed by atoms with Crippen LogP contribution in [0.4, 0.5) is 0 Å². The lowest BCUT2D eigenvalue weighted by Crippen LogP contribution is -2.74. The standard InChI is InChI=1S/C18H18N2O6S4/c21-7-1-9-13(23)11-5(7)3-17(29-27-9)15(25)20-12-6-4-18(20,16(26)19(11)17)30-28-10(14(12)24)2-8(6)22/h5-6,9-14,23-24H,1-4H2. The van der Waals surface area contributed by atoms with Gasteiger partial charge in [-0.1, -0.05) is 43.2 Å². The number of hydrogen-bond acceptors (Lipinski definition) is 10. The molecule has 0 aromatic heterocycles. The van der Waals surface area contributed by atoms with Crippen LogP contribution in [0.3, 0.4) is 0 Å². The van der Waals surface area contributed by atoms with E-state index in [0.29, 0.717) is 0 Å². The lowest BCUT2D eigenvalue weighted by atomic mass is 9.80. The molecule has 10 unspecified atom stereocenters. The highest BCUT2D eigenvalue weighted by Crippen LogP contribution is 2.68. The fraction of sp³-hybridized carbons (Fsp3) is 0.778. The Hall–Kier alpha value is -0.400. The quantitative estimate of drug-likeness (QED) is 0.454. The summed E-state index contributed by atoms with van der Waals surface area (Å²) in [7, 11) is 5.22. The predicted octanol–water partition coefficient (Wildman–Crippen LogP) is 0.0214. The van der Waals surface area contributed by atoms with Crippen LogP contribution in [0.2, 0.25) is 0 Å². The van der Waals surface area contributed by atoms with Crippen LogP contribution in [0, 0.1) is 11.8 Å². The maximum Gasteiger partial charge on any atom is 0.261 e. The molecule has 7 fully saturated rings. The summed E-state index contributed by atoms with van der Waals surface area (Å²) in [6.07, 6.45) is -0.830. The Morgan fingerprint density at radius 3 is 1.53 bits per heavy atom. The summed E-state index contributed by atoms with van der Waals surface area (Å²) in [5.74, 6) is -1.65. The summed E-state index contributed by atoms with van der Waals surface area (Å²) in [5, 5.41) is 21.4. The Labute approximate surface area is 187 Å². The van der Waals surface area contributed by atoms with Gasteiger partial charge in [0.15, 0.2) is 9.74 Å². The molecule has 5 heterocycles. The molecule has 10 atom stereocenters. The third kappa shape index (κ3) is 1.89. The zero-order chi connectivity index (χ0) is 20.7. The minimum atomic E-state index is -1.26. The fourth-order valence-corrected chi connectivity index (χ4v) is 13.8. The van der Waals surface area contributed by atoms with Crippen molar-refractivity contribution in [2.24, 2.45) is 11.8 Å². The molecule has 2 saturated carbocycles. The van der Waals surface area contributed by atoms with Gasteiger partial charge in [0.2, 0.25) is 0 Å². The highest BCUT2D eigenvalue weighted by Gasteiger charge is 2.79. The number of aliphatic hydroxyl groups excluding tert-OH is 2. The molecule has 2 aliphatic carbocycles. The van der Waals surface area contributed by atoms with E-state index in [1.807, 2.05) is 0 Å². The molecule has 0 aromatic rings. The van der Waals surface area contributed by atoms with Crippen molar-refractivity contribution in [3.05, 3.63) is 0 Å². The van der Waals surface area contributed by atoms with Gasteiger partial charge in [0.05, 0.1) is 34.8 Å². The van der Waals surface area contributed by atoms with Crippen LogP contribution in [-0.4, -0.2) is 87.9 Å². The maximum atomic E-state index is 14.2. The van der Waals surface area contributed by atoms with Crippen molar-refractivity contribution in [3.8, 4) is 0 Å². The van der Waals surface area contributed by atoms with Crippen molar-refractivity contribution < 1.29 is 29.4 Å². The second kappa shape index (κ2) is 5.74. The van der Waals surface area contributed by atoms with Crippen LogP contribution in [-0.2, 0) is 19.2 Å². The van der Waals surface area contributed by atoms with E-state index in [9.17, 15) is 29.4 Å². The summed E-state index contributed by atoms with van der Waals surface area (Å²) in [5.41, 5.74) is 0. The zero-order valence-corrected chi connectivity index (χ0v) is 18.8. The molecule has 5 saturated heterocycles. The topological polar surface area (TPSA) is 115 Å². The van der Waals surface area contributed by atoms with E-state index in [2.05, 4.69) is 0 Å². The molecule has 5 aliphatic heterocycles. The SMILES string of the molecule is O=C1CC2SSC34CC1C(C2O)N3C(=O)C12CC3C(=O)CC(SS1)C(O)C3N2C4=O. The Morgan fingerprint density at radius 1 is 0.733 bits per heavy atom. The molecular weight excluding hydrogens is 468 g/mol. The first-order valence-corrected chi connectivity index (χ1v) is 14.5. The lowest BCUT2D eigenvalue weighted by Gasteiger charge is -2.52. The van der Waals surface area contributed by atoms with Gasteiger partial charge in [-0.25, -0.2) is 0 Å². The number of Topliss-reactive ketones (excluding diaryl/α,β-unsaturated/α-hetero) is 2. The molecule has 0 radical (unpaired) electrons. The van der Waals surface area contributed by atoms with Crippen LogP contribution < -0.4 is 0 Å². The van der Waals surface area contributed by atoms with Gasteiger partial charge in [-0.2, -0.15) is 0 Å². The monoisotopic (exact) mass is 486 g/mol. The number of aliphatic hydroxyl groups is 2. The Morgan fingerprint density at radius 2 is 1.13 bits per heavy atom. The summed E-state index contributed by atoms with van der Waals surface area (Å²) < 4.78 is 0. The van der Waals surface area contributed by atoms with Crippen LogP contribution in [0.1, 0.15) is 25.7 Å². The fourth-order valence-electron chi connectivity index (χ4n) is 6.69. The van der Waals surface area contributed by atoms with E-state index in [0.717, 1.165) is 0 Å². The van der Waals surface area contributed by atoms with Crippen molar-refractivity contribution in [2.75, 3.05) is 0 Å². The molecule has 160 valence electrons. The van der Waals surface area contributed by atoms with Gasteiger partial charge < -0.3 is 20.0 Å². The third-order valence-electron chi connectivity index (χ3n) is 8.01. The minimum absolute atomic E-state index is 0.00614. The number of ketones is 2. The van der Waals surface area contributed by atoms with Crippen LogP contribution in [0.5, 0.6) is 0 Å². The minimum Gasteiger partial charge on any atom is -0.390 e. The van der Waals surface area contributed by atoms with Crippen molar-refractivity contribution in [1.82, 2.24) is 9.80 Å². The number of rotatable bonds is 0. The van der Waals surface area contributed by atoms with Gasteiger partial charge in [0.25, 0.3) is 11.8 Å². The first-order chi connectivity index (χ1) is 14.3. The van der Waals surface area contributed by atoms with Gasteiger partial charge in [-0.3, -0.25) is 19.2 Å². The number of carbonyl (C=O) groups excluding carboxylic acids is 4. The molecule has 0 aromatic carbocycles. The third-order valence-corrected chi connectivity index (χ3v) is 14.9. The smallest absolute Gasteiger partial charge is 0.261 e. The molecule has 30 heavy (non-hydrogen) atoms. The molecular formula is C18H18N2O6S4. The van der Waals surface area contributed by atoms with E-state index in [-0.39, 0.29) is 59.6 Å². The van der Waals surface area contributed by atoms with E-state index < -0.39 is 45.9 Å². The Balaban J connectivity index is 1.44. The first-order valence-electron chi connectivity index (χ1n) is 10.1. The highest BCUT2D eigenvalue weighted by atomic mass is 33.1. The van der Waals surface area contributed by atoms with Crippen molar-refractivity contribution in [3.63, 3.8) is 0 Å². The molecule has 2 N–H and O–H groups in total.